The molecule has 6 heteroatoms. The number of nitrogens with zero attached hydrogens (tertiary/aromatic N) is 2. The Kier molecular flexibility index (Phi) is 8.51. The quantitative estimate of drug-likeness (QED) is 0.356. The summed E-state index contributed by atoms with van der Waals surface area (Å²) in [6.45, 7) is 9.42. The lowest BCUT2D eigenvalue weighted by Crippen LogP contribution is -2.45. The van der Waals surface area contributed by atoms with Crippen molar-refractivity contribution in [3.8, 4) is 17.2 Å². The van der Waals surface area contributed by atoms with Crippen LogP contribution >= 0.6 is 0 Å². The Morgan fingerprint density at radius 1 is 1.08 bits per heavy atom. The van der Waals surface area contributed by atoms with Gasteiger partial charge in [0, 0.05) is 45.1 Å². The Bertz CT molecular complexity index is 1170. The smallest absolute Gasteiger partial charge is 0.254 e. The topological polar surface area (TPSA) is 51.2 Å². The second kappa shape index (κ2) is 12.0. The number of benzene rings is 2. The van der Waals surface area contributed by atoms with Crippen LogP contribution in [0.15, 0.2) is 48.0 Å². The van der Waals surface area contributed by atoms with E-state index in [0.717, 1.165) is 30.0 Å². The predicted octanol–water partition coefficient (Wildman–Crippen LogP) is 6.79. The molecule has 6 nitrogen and oxygen atoms in total. The maximum absolute atomic E-state index is 14.2. The normalized spacial score (nSPS) is 21.2. The number of fused-ring (bicyclic) bond motifs is 1. The number of likely N-dealkylation sites (tertiary alicyclic amines) is 1. The van der Waals surface area contributed by atoms with Gasteiger partial charge in [-0.2, -0.15) is 0 Å². The average Bonchev–Trinajstić information content (AvgIpc) is 3.49. The zero-order valence-corrected chi connectivity index (χ0v) is 24.1. The molecule has 2 aromatic rings. The molecule has 2 aromatic carbocycles. The third-order valence-electron chi connectivity index (χ3n) is 8.28. The van der Waals surface area contributed by atoms with Crippen LogP contribution in [-0.2, 0) is 0 Å². The largest absolute Gasteiger partial charge is 0.493 e. The number of carbonyl (C=O) groups excluding carboxylic acids is 1. The van der Waals surface area contributed by atoms with E-state index in [1.807, 2.05) is 43.0 Å². The van der Waals surface area contributed by atoms with Crippen molar-refractivity contribution in [3.63, 3.8) is 0 Å². The van der Waals surface area contributed by atoms with Crippen molar-refractivity contribution in [2.45, 2.75) is 77.5 Å². The Morgan fingerprint density at radius 3 is 2.59 bits per heavy atom. The van der Waals surface area contributed by atoms with E-state index >= 15 is 0 Å². The van der Waals surface area contributed by atoms with E-state index in [-0.39, 0.29) is 5.91 Å². The second-order valence-electron chi connectivity index (χ2n) is 12.0. The van der Waals surface area contributed by atoms with Gasteiger partial charge in [-0.3, -0.25) is 9.69 Å². The Labute approximate surface area is 233 Å². The van der Waals surface area contributed by atoms with Gasteiger partial charge in [-0.25, -0.2) is 0 Å². The first-order valence-electron chi connectivity index (χ1n) is 14.7. The molecule has 1 saturated carbocycles. The van der Waals surface area contributed by atoms with Crippen LogP contribution in [0, 0.1) is 5.92 Å². The molecule has 2 aliphatic heterocycles. The molecule has 1 atom stereocenters. The number of hydrogen-bond donors (Lipinski definition) is 0. The van der Waals surface area contributed by atoms with Gasteiger partial charge in [0.05, 0.1) is 7.11 Å². The van der Waals surface area contributed by atoms with Crippen LogP contribution in [0.5, 0.6) is 17.2 Å². The summed E-state index contributed by atoms with van der Waals surface area (Å²) >= 11 is 0. The summed E-state index contributed by atoms with van der Waals surface area (Å²) in [4.78, 5) is 18.9. The van der Waals surface area contributed by atoms with Gasteiger partial charge in [0.2, 0.25) is 11.5 Å². The van der Waals surface area contributed by atoms with Crippen LogP contribution in [0.1, 0.15) is 81.6 Å². The molecule has 39 heavy (non-hydrogen) atoms. The fourth-order valence-electron chi connectivity index (χ4n) is 6.44. The summed E-state index contributed by atoms with van der Waals surface area (Å²) in [5.74, 6) is 1.63. The highest BCUT2D eigenvalue weighted by Crippen LogP contribution is 2.47. The fourth-order valence-corrected chi connectivity index (χ4v) is 6.44. The molecule has 5 rings (SSSR count). The minimum Gasteiger partial charge on any atom is -0.493 e. The number of ether oxygens (including phenoxy) is 3. The molecule has 0 radical (unpaired) electrons. The van der Waals surface area contributed by atoms with Crippen molar-refractivity contribution in [2.24, 2.45) is 5.92 Å². The van der Waals surface area contributed by atoms with E-state index in [2.05, 4.69) is 30.0 Å². The van der Waals surface area contributed by atoms with E-state index in [4.69, 9.17) is 14.2 Å². The third-order valence-corrected chi connectivity index (χ3v) is 8.28. The first-order valence-corrected chi connectivity index (χ1v) is 14.7. The minimum absolute atomic E-state index is 0.00488. The van der Waals surface area contributed by atoms with Crippen LogP contribution in [0.4, 0.5) is 0 Å². The molecular weight excluding hydrogens is 488 g/mol. The summed E-state index contributed by atoms with van der Waals surface area (Å²) in [5, 5.41) is 0. The molecular formula is C33H44N2O4. The van der Waals surface area contributed by atoms with Gasteiger partial charge in [0.1, 0.15) is 0 Å². The molecule has 0 N–H and O–H groups in total. The zero-order chi connectivity index (χ0) is 27.4. The minimum atomic E-state index is -0.796. The summed E-state index contributed by atoms with van der Waals surface area (Å²) in [6, 6.07) is 14.3. The van der Waals surface area contributed by atoms with Crippen molar-refractivity contribution >= 4 is 12.0 Å². The highest BCUT2D eigenvalue weighted by Gasteiger charge is 2.36. The maximum atomic E-state index is 14.2. The predicted molar refractivity (Wildman–Crippen MR) is 155 cm³/mol. The van der Waals surface area contributed by atoms with Gasteiger partial charge >= 0.3 is 0 Å². The number of amides is 1. The van der Waals surface area contributed by atoms with Gasteiger partial charge in [0.25, 0.3) is 5.91 Å². The number of methoxy groups -OCH3 is 1. The van der Waals surface area contributed by atoms with Crippen molar-refractivity contribution in [3.05, 3.63) is 59.2 Å². The third kappa shape index (κ3) is 6.78. The first kappa shape index (κ1) is 27.6. The lowest BCUT2D eigenvalue weighted by molar-refractivity contribution is -0.0439. The van der Waals surface area contributed by atoms with Crippen molar-refractivity contribution < 1.29 is 19.0 Å². The van der Waals surface area contributed by atoms with E-state index in [0.29, 0.717) is 41.9 Å². The monoisotopic (exact) mass is 532 g/mol. The van der Waals surface area contributed by atoms with E-state index in [1.54, 1.807) is 13.2 Å². The van der Waals surface area contributed by atoms with Crippen LogP contribution in [0.3, 0.4) is 0 Å². The Hall–Kier alpha value is -2.99. The average molecular weight is 533 g/mol. The number of rotatable bonds is 9. The molecule has 1 aliphatic carbocycles. The molecule has 2 fully saturated rings. The summed E-state index contributed by atoms with van der Waals surface area (Å²) in [6.07, 6.45) is 11.3. The summed E-state index contributed by atoms with van der Waals surface area (Å²) < 4.78 is 17.6. The SMILES string of the molecule is COc1cc(C(=O)N(CC(C)=Cc2ccccc2)CC2CCCN2CC2CCCCC2)cc2c1OC(C)(C)O2. The molecule has 1 amide bonds. The van der Waals surface area contributed by atoms with Crippen molar-refractivity contribution in [1.29, 1.82) is 0 Å². The highest BCUT2D eigenvalue weighted by atomic mass is 16.7. The van der Waals surface area contributed by atoms with Gasteiger partial charge in [-0.1, -0.05) is 61.2 Å². The molecule has 0 aromatic heterocycles. The molecule has 3 aliphatic rings. The van der Waals surface area contributed by atoms with Crippen LogP contribution in [-0.4, -0.2) is 60.8 Å². The maximum Gasteiger partial charge on any atom is 0.254 e. The number of carbonyl (C=O) groups is 1. The van der Waals surface area contributed by atoms with Gasteiger partial charge in [0.15, 0.2) is 11.5 Å². The van der Waals surface area contributed by atoms with Crippen LogP contribution in [0.2, 0.25) is 0 Å². The van der Waals surface area contributed by atoms with E-state index in [1.165, 1.54) is 45.1 Å². The first-order chi connectivity index (χ1) is 18.8. The Morgan fingerprint density at radius 2 is 1.85 bits per heavy atom. The molecule has 0 bridgehead atoms. The second-order valence-corrected chi connectivity index (χ2v) is 12.0. The zero-order valence-electron chi connectivity index (χ0n) is 24.1. The van der Waals surface area contributed by atoms with Gasteiger partial charge < -0.3 is 19.1 Å². The number of hydrogen-bond acceptors (Lipinski definition) is 5. The molecule has 0 spiro atoms. The van der Waals surface area contributed by atoms with Crippen molar-refractivity contribution in [2.75, 3.05) is 33.3 Å². The summed E-state index contributed by atoms with van der Waals surface area (Å²) in [7, 11) is 1.60. The summed E-state index contributed by atoms with van der Waals surface area (Å²) in [5.41, 5.74) is 2.87. The van der Waals surface area contributed by atoms with Crippen molar-refractivity contribution in [1.82, 2.24) is 9.80 Å². The Balaban J connectivity index is 1.39. The molecule has 210 valence electrons. The van der Waals surface area contributed by atoms with Crippen LogP contribution < -0.4 is 14.2 Å². The molecule has 2 heterocycles. The van der Waals surface area contributed by atoms with E-state index < -0.39 is 5.79 Å². The van der Waals surface area contributed by atoms with Gasteiger partial charge in [-0.05, 0) is 62.8 Å². The van der Waals surface area contributed by atoms with Gasteiger partial charge in [-0.15, -0.1) is 0 Å². The van der Waals surface area contributed by atoms with E-state index in [9.17, 15) is 4.79 Å². The molecule has 1 unspecified atom stereocenters. The highest BCUT2D eigenvalue weighted by molar-refractivity contribution is 5.96. The lowest BCUT2D eigenvalue weighted by Gasteiger charge is -2.34. The molecule has 1 saturated heterocycles. The standard InChI is InChI=1S/C33H44N2O4/c1-24(18-25-12-7-5-8-13-25)21-35(23-28-16-11-17-34(28)22-26-14-9-6-10-15-26)32(36)27-19-29(37-4)31-30(20-27)38-33(2,3)39-31/h5,7-8,12-13,18-20,26,28H,6,9-11,14-17,21-23H2,1-4H3. The van der Waals surface area contributed by atoms with Crippen LogP contribution in [0.25, 0.3) is 6.08 Å². The fraction of sp³-hybridized carbons (Fsp3) is 0.545. The lowest BCUT2D eigenvalue weighted by atomic mass is 9.89.